The fourth-order valence-electron chi connectivity index (χ4n) is 2.60. The summed E-state index contributed by atoms with van der Waals surface area (Å²) in [4.78, 5) is 12.7. The summed E-state index contributed by atoms with van der Waals surface area (Å²) in [7, 11) is 0. The van der Waals surface area contributed by atoms with E-state index in [1.807, 2.05) is 0 Å². The molecule has 0 radical (unpaired) electrons. The summed E-state index contributed by atoms with van der Waals surface area (Å²) in [5.74, 6) is 0. The smallest absolute Gasteiger partial charge is 0.269 e. The van der Waals surface area contributed by atoms with E-state index in [-0.39, 0.29) is 10.6 Å². The molecule has 1 N–H and O–H groups in total. The van der Waals surface area contributed by atoms with Crippen LogP contribution in [0.25, 0.3) is 11.3 Å². The van der Waals surface area contributed by atoms with Crippen molar-refractivity contribution in [3.63, 3.8) is 0 Å². The van der Waals surface area contributed by atoms with Crippen LogP contribution in [0.5, 0.6) is 0 Å². The molecule has 2 heterocycles. The molecular weight excluding hydrogens is 256 g/mol. The molecule has 0 fully saturated rings. The van der Waals surface area contributed by atoms with E-state index in [9.17, 15) is 10.1 Å². The molecule has 0 bridgehead atoms. The predicted octanol–water partition coefficient (Wildman–Crippen LogP) is 2.36. The third-order valence-corrected chi connectivity index (χ3v) is 3.81. The zero-order valence-electron chi connectivity index (χ0n) is 11.3. The molecule has 0 saturated heterocycles. The van der Waals surface area contributed by atoms with Gasteiger partial charge < -0.3 is 0 Å². The van der Waals surface area contributed by atoms with E-state index in [1.54, 1.807) is 12.1 Å². The van der Waals surface area contributed by atoms with Crippen LogP contribution in [0.2, 0.25) is 0 Å². The van der Waals surface area contributed by atoms with Gasteiger partial charge in [0, 0.05) is 48.5 Å². The molecule has 1 aromatic heterocycles. The Hall–Kier alpha value is -2.21. The molecule has 20 heavy (non-hydrogen) atoms. The minimum absolute atomic E-state index is 0.105. The molecule has 1 aromatic carbocycles. The lowest BCUT2D eigenvalue weighted by Gasteiger charge is -2.25. The minimum Gasteiger partial charge on any atom is -0.299 e. The van der Waals surface area contributed by atoms with Crippen molar-refractivity contribution >= 4 is 5.69 Å². The third-order valence-electron chi connectivity index (χ3n) is 3.81. The largest absolute Gasteiger partial charge is 0.299 e. The standard InChI is InChI=1S/C14H16N4O2/c1-2-17-8-7-13-12(9-17)14(16-15-13)10-3-5-11(6-4-10)18(19)20/h3-6H,2,7-9H2,1H3,(H,15,16). The lowest BCUT2D eigenvalue weighted by atomic mass is 10.0. The summed E-state index contributed by atoms with van der Waals surface area (Å²) in [6, 6.07) is 6.58. The van der Waals surface area contributed by atoms with Crippen LogP contribution in [0.15, 0.2) is 24.3 Å². The lowest BCUT2D eigenvalue weighted by Crippen LogP contribution is -2.30. The van der Waals surface area contributed by atoms with Gasteiger partial charge in [-0.25, -0.2) is 0 Å². The predicted molar refractivity (Wildman–Crippen MR) is 75.3 cm³/mol. The van der Waals surface area contributed by atoms with Crippen LogP contribution in [-0.4, -0.2) is 33.1 Å². The average Bonchev–Trinajstić information content (AvgIpc) is 2.90. The van der Waals surface area contributed by atoms with Crippen molar-refractivity contribution in [2.24, 2.45) is 0 Å². The lowest BCUT2D eigenvalue weighted by molar-refractivity contribution is -0.384. The van der Waals surface area contributed by atoms with Crippen molar-refractivity contribution in [2.45, 2.75) is 19.9 Å². The summed E-state index contributed by atoms with van der Waals surface area (Å²) < 4.78 is 0. The van der Waals surface area contributed by atoms with Crippen molar-refractivity contribution < 1.29 is 4.92 Å². The molecule has 0 amide bonds. The number of non-ortho nitro benzene ring substituents is 1. The molecule has 0 aliphatic carbocycles. The van der Waals surface area contributed by atoms with E-state index in [1.165, 1.54) is 23.4 Å². The Morgan fingerprint density at radius 3 is 2.80 bits per heavy atom. The van der Waals surface area contributed by atoms with E-state index in [0.29, 0.717) is 0 Å². The fraction of sp³-hybridized carbons (Fsp3) is 0.357. The van der Waals surface area contributed by atoms with E-state index in [2.05, 4.69) is 22.0 Å². The van der Waals surface area contributed by atoms with Gasteiger partial charge in [-0.2, -0.15) is 5.10 Å². The molecule has 0 unspecified atom stereocenters. The fourth-order valence-corrected chi connectivity index (χ4v) is 2.60. The molecule has 0 atom stereocenters. The van der Waals surface area contributed by atoms with Gasteiger partial charge in [-0.1, -0.05) is 6.92 Å². The highest BCUT2D eigenvalue weighted by atomic mass is 16.6. The molecule has 2 aromatic rings. The van der Waals surface area contributed by atoms with Crippen LogP contribution >= 0.6 is 0 Å². The molecule has 1 aliphatic rings. The number of hydrogen-bond donors (Lipinski definition) is 1. The molecule has 0 saturated carbocycles. The van der Waals surface area contributed by atoms with Gasteiger partial charge in [0.15, 0.2) is 0 Å². The normalized spacial score (nSPS) is 15.1. The Labute approximate surface area is 116 Å². The van der Waals surface area contributed by atoms with Crippen molar-refractivity contribution in [3.8, 4) is 11.3 Å². The van der Waals surface area contributed by atoms with Gasteiger partial charge in [0.05, 0.1) is 10.6 Å². The van der Waals surface area contributed by atoms with Gasteiger partial charge in [-0.15, -0.1) is 0 Å². The summed E-state index contributed by atoms with van der Waals surface area (Å²) in [6.45, 7) is 5.10. The van der Waals surface area contributed by atoms with E-state index >= 15 is 0 Å². The van der Waals surface area contributed by atoms with Crippen molar-refractivity contribution in [2.75, 3.05) is 13.1 Å². The van der Waals surface area contributed by atoms with Gasteiger partial charge >= 0.3 is 0 Å². The van der Waals surface area contributed by atoms with Crippen LogP contribution in [0.4, 0.5) is 5.69 Å². The number of nitrogens with one attached hydrogen (secondary N) is 1. The Kier molecular flexibility index (Phi) is 3.23. The first-order chi connectivity index (χ1) is 9.69. The summed E-state index contributed by atoms with van der Waals surface area (Å²) >= 11 is 0. The van der Waals surface area contributed by atoms with Gasteiger partial charge in [-0.3, -0.25) is 20.1 Å². The molecule has 104 valence electrons. The number of likely N-dealkylation sites (N-methyl/N-ethyl adjacent to an activating group) is 1. The summed E-state index contributed by atoms with van der Waals surface area (Å²) in [5, 5.41) is 18.2. The molecule has 0 spiro atoms. The van der Waals surface area contributed by atoms with Crippen molar-refractivity contribution in [1.29, 1.82) is 0 Å². The second kappa shape index (κ2) is 5.05. The average molecular weight is 272 g/mol. The van der Waals surface area contributed by atoms with Crippen LogP contribution in [0.1, 0.15) is 18.2 Å². The Balaban J connectivity index is 1.95. The topological polar surface area (TPSA) is 75.1 Å². The van der Waals surface area contributed by atoms with E-state index in [0.717, 1.165) is 37.3 Å². The zero-order chi connectivity index (χ0) is 14.1. The number of nitro benzene ring substituents is 1. The van der Waals surface area contributed by atoms with Crippen LogP contribution in [0, 0.1) is 10.1 Å². The summed E-state index contributed by atoms with van der Waals surface area (Å²) in [6.07, 6.45) is 0.975. The van der Waals surface area contributed by atoms with Gasteiger partial charge in [0.25, 0.3) is 5.69 Å². The maximum absolute atomic E-state index is 10.7. The number of rotatable bonds is 3. The first kappa shape index (κ1) is 12.8. The Morgan fingerprint density at radius 1 is 1.40 bits per heavy atom. The molecule has 6 nitrogen and oxygen atoms in total. The number of aromatic nitrogens is 2. The molecular formula is C14H16N4O2. The van der Waals surface area contributed by atoms with Crippen molar-refractivity contribution in [1.82, 2.24) is 15.1 Å². The number of aromatic amines is 1. The first-order valence-corrected chi connectivity index (χ1v) is 6.72. The van der Waals surface area contributed by atoms with Crippen molar-refractivity contribution in [3.05, 3.63) is 45.6 Å². The van der Waals surface area contributed by atoms with Gasteiger partial charge in [-0.05, 0) is 18.7 Å². The third kappa shape index (κ3) is 2.18. The van der Waals surface area contributed by atoms with Gasteiger partial charge in [0.2, 0.25) is 0 Å². The monoisotopic (exact) mass is 272 g/mol. The van der Waals surface area contributed by atoms with Gasteiger partial charge in [0.1, 0.15) is 0 Å². The minimum atomic E-state index is -0.386. The van der Waals surface area contributed by atoms with E-state index < -0.39 is 0 Å². The summed E-state index contributed by atoms with van der Waals surface area (Å²) in [5.41, 5.74) is 4.34. The Bertz CT molecular complexity index is 633. The highest BCUT2D eigenvalue weighted by molar-refractivity contribution is 5.65. The second-order valence-corrected chi connectivity index (χ2v) is 4.95. The number of benzene rings is 1. The maximum atomic E-state index is 10.7. The quantitative estimate of drug-likeness (QED) is 0.687. The first-order valence-electron chi connectivity index (χ1n) is 6.72. The van der Waals surface area contributed by atoms with Crippen LogP contribution in [-0.2, 0) is 13.0 Å². The number of H-pyrrole nitrogens is 1. The number of nitrogens with zero attached hydrogens (tertiary/aromatic N) is 3. The number of fused-ring (bicyclic) bond motifs is 1. The highest BCUT2D eigenvalue weighted by Crippen LogP contribution is 2.29. The number of hydrogen-bond acceptors (Lipinski definition) is 4. The van der Waals surface area contributed by atoms with Crippen LogP contribution < -0.4 is 0 Å². The maximum Gasteiger partial charge on any atom is 0.269 e. The highest BCUT2D eigenvalue weighted by Gasteiger charge is 2.22. The SMILES string of the molecule is CCN1CCc2[nH]nc(-c3ccc([N+](=O)[O-])cc3)c2C1. The second-order valence-electron chi connectivity index (χ2n) is 4.95. The van der Waals surface area contributed by atoms with Crippen LogP contribution in [0.3, 0.4) is 0 Å². The molecule has 6 heteroatoms. The van der Waals surface area contributed by atoms with E-state index in [4.69, 9.17) is 0 Å². The molecule has 1 aliphatic heterocycles. The molecule has 3 rings (SSSR count). The number of nitro groups is 1. The Morgan fingerprint density at radius 2 is 2.15 bits per heavy atom. The zero-order valence-corrected chi connectivity index (χ0v) is 11.3.